The number of carbonyl (C=O) groups excluding carboxylic acids is 1. The Hall–Kier alpha value is -1.66. The smallest absolute Gasteiger partial charge is 0.273 e. The van der Waals surface area contributed by atoms with Gasteiger partial charge in [-0.3, -0.25) is 9.69 Å². The molecule has 2 bridgehead atoms. The van der Waals surface area contributed by atoms with Gasteiger partial charge in [0.1, 0.15) is 5.69 Å². The molecule has 2 saturated heterocycles. The average Bonchev–Trinajstić information content (AvgIpc) is 3.24. The van der Waals surface area contributed by atoms with E-state index in [1.807, 2.05) is 22.4 Å². The van der Waals surface area contributed by atoms with E-state index in [2.05, 4.69) is 23.7 Å². The molecule has 0 aromatic carbocycles. The van der Waals surface area contributed by atoms with Gasteiger partial charge in [0.25, 0.3) is 5.91 Å². The predicted octanol–water partition coefficient (Wildman–Crippen LogP) is 3.49. The van der Waals surface area contributed by atoms with E-state index in [4.69, 9.17) is 4.42 Å². The monoisotopic (exact) mass is 345 g/mol. The van der Waals surface area contributed by atoms with Gasteiger partial charge in [-0.05, 0) is 45.2 Å². The molecule has 0 saturated carbocycles. The van der Waals surface area contributed by atoms with Crippen LogP contribution in [0, 0.1) is 0 Å². The van der Waals surface area contributed by atoms with E-state index in [-0.39, 0.29) is 5.91 Å². The normalized spacial score (nSPS) is 24.5. The summed E-state index contributed by atoms with van der Waals surface area (Å²) in [5, 5.41) is 2.62. The summed E-state index contributed by atoms with van der Waals surface area (Å²) in [4.78, 5) is 22.0. The highest BCUT2D eigenvalue weighted by Crippen LogP contribution is 2.33. The van der Waals surface area contributed by atoms with Crippen LogP contribution < -0.4 is 0 Å². The fraction of sp³-hybridized carbons (Fsp3) is 0.556. The van der Waals surface area contributed by atoms with Crippen molar-refractivity contribution in [3.63, 3.8) is 0 Å². The summed E-state index contributed by atoms with van der Waals surface area (Å²) in [6.07, 6.45) is 5.16. The van der Waals surface area contributed by atoms with Crippen LogP contribution >= 0.6 is 11.3 Å². The van der Waals surface area contributed by atoms with E-state index < -0.39 is 0 Å². The number of hydrogen-bond acceptors (Lipinski definition) is 5. The van der Waals surface area contributed by atoms with Crippen molar-refractivity contribution in [3.8, 4) is 10.8 Å². The third-order valence-electron chi connectivity index (χ3n) is 5.18. The highest BCUT2D eigenvalue weighted by Gasteiger charge is 2.39. The van der Waals surface area contributed by atoms with Crippen molar-refractivity contribution in [3.05, 3.63) is 29.5 Å². The molecule has 2 aromatic rings. The lowest BCUT2D eigenvalue weighted by Gasteiger charge is -2.32. The number of amides is 1. The summed E-state index contributed by atoms with van der Waals surface area (Å²) in [5.41, 5.74) is 0.542. The van der Waals surface area contributed by atoms with Gasteiger partial charge in [-0.2, -0.15) is 0 Å². The van der Waals surface area contributed by atoms with Crippen LogP contribution in [0.1, 0.15) is 43.6 Å². The number of thiazole rings is 1. The molecule has 4 rings (SSSR count). The topological polar surface area (TPSA) is 49.6 Å². The van der Waals surface area contributed by atoms with Crippen LogP contribution in [0.15, 0.2) is 28.2 Å². The Kier molecular flexibility index (Phi) is 4.18. The van der Waals surface area contributed by atoms with E-state index >= 15 is 0 Å². The summed E-state index contributed by atoms with van der Waals surface area (Å²) < 4.78 is 5.38. The van der Waals surface area contributed by atoms with Crippen LogP contribution in [0.3, 0.4) is 0 Å². The molecule has 0 unspecified atom stereocenters. The van der Waals surface area contributed by atoms with E-state index in [1.54, 1.807) is 6.26 Å². The van der Waals surface area contributed by atoms with Crippen molar-refractivity contribution < 1.29 is 9.21 Å². The number of hydrogen-bond donors (Lipinski definition) is 0. The summed E-state index contributed by atoms with van der Waals surface area (Å²) in [7, 11) is 0. The molecule has 2 fully saturated rings. The number of nitrogens with zero attached hydrogens (tertiary/aromatic N) is 3. The number of carbonyl (C=O) groups is 1. The van der Waals surface area contributed by atoms with Crippen molar-refractivity contribution in [2.24, 2.45) is 0 Å². The summed E-state index contributed by atoms with van der Waals surface area (Å²) in [6.45, 7) is 6.18. The predicted molar refractivity (Wildman–Crippen MR) is 94.1 cm³/mol. The number of rotatable bonds is 3. The Bertz CT molecular complexity index is 710. The first-order valence-corrected chi connectivity index (χ1v) is 9.57. The van der Waals surface area contributed by atoms with E-state index in [9.17, 15) is 4.79 Å². The van der Waals surface area contributed by atoms with E-state index in [1.165, 1.54) is 24.2 Å². The molecule has 0 aliphatic carbocycles. The van der Waals surface area contributed by atoms with Crippen molar-refractivity contribution in [2.45, 2.75) is 51.2 Å². The van der Waals surface area contributed by atoms with Gasteiger partial charge in [0.15, 0.2) is 10.8 Å². The van der Waals surface area contributed by atoms with Crippen LogP contribution in [0.5, 0.6) is 0 Å². The molecule has 6 heteroatoms. The molecule has 2 aromatic heterocycles. The van der Waals surface area contributed by atoms with Crippen LogP contribution in [0.25, 0.3) is 10.8 Å². The fourth-order valence-corrected chi connectivity index (χ4v) is 4.95. The van der Waals surface area contributed by atoms with Crippen molar-refractivity contribution in [1.29, 1.82) is 0 Å². The molecule has 0 radical (unpaired) electrons. The van der Waals surface area contributed by atoms with E-state index in [0.29, 0.717) is 23.8 Å². The van der Waals surface area contributed by atoms with Gasteiger partial charge in [0.2, 0.25) is 0 Å². The van der Waals surface area contributed by atoms with Crippen LogP contribution in [0.2, 0.25) is 0 Å². The number of aromatic nitrogens is 1. The molecule has 4 heterocycles. The standard InChI is InChI=1S/C18H23N3O2S/c1-12(2)21-13-5-6-14(21)10-20(8-7-13)18(22)15-11-24-17(19-15)16-4-3-9-23-16/h3-4,9,11-14H,5-8,10H2,1-2H3/t13-,14-/m0/s1. The summed E-state index contributed by atoms with van der Waals surface area (Å²) in [6, 6.07) is 5.37. The van der Waals surface area contributed by atoms with Crippen molar-refractivity contribution in [1.82, 2.24) is 14.8 Å². The molecule has 2 aliphatic heterocycles. The fourth-order valence-electron chi connectivity index (χ4n) is 4.19. The third-order valence-corrected chi connectivity index (χ3v) is 6.04. The van der Waals surface area contributed by atoms with Gasteiger partial charge in [-0.25, -0.2) is 4.98 Å². The molecule has 1 amide bonds. The van der Waals surface area contributed by atoms with Gasteiger partial charge >= 0.3 is 0 Å². The highest BCUT2D eigenvalue weighted by atomic mass is 32.1. The zero-order valence-corrected chi connectivity index (χ0v) is 15.0. The highest BCUT2D eigenvalue weighted by molar-refractivity contribution is 7.13. The van der Waals surface area contributed by atoms with Gasteiger partial charge < -0.3 is 9.32 Å². The minimum absolute atomic E-state index is 0.0558. The number of furan rings is 1. The summed E-state index contributed by atoms with van der Waals surface area (Å²) >= 11 is 1.46. The van der Waals surface area contributed by atoms with Gasteiger partial charge in [0, 0.05) is 36.6 Å². The molecule has 24 heavy (non-hydrogen) atoms. The van der Waals surface area contributed by atoms with Gasteiger partial charge in [-0.15, -0.1) is 11.3 Å². The first kappa shape index (κ1) is 15.8. The molecule has 5 nitrogen and oxygen atoms in total. The minimum Gasteiger partial charge on any atom is -0.462 e. The first-order chi connectivity index (χ1) is 11.6. The molecule has 128 valence electrons. The maximum atomic E-state index is 12.9. The molecule has 2 aliphatic rings. The van der Waals surface area contributed by atoms with E-state index in [0.717, 1.165) is 30.3 Å². The molecule has 0 spiro atoms. The Morgan fingerprint density at radius 1 is 1.33 bits per heavy atom. The Balaban J connectivity index is 1.51. The zero-order valence-electron chi connectivity index (χ0n) is 14.1. The maximum Gasteiger partial charge on any atom is 0.273 e. The number of fused-ring (bicyclic) bond motifs is 2. The van der Waals surface area contributed by atoms with Crippen molar-refractivity contribution >= 4 is 17.2 Å². The lowest BCUT2D eigenvalue weighted by molar-refractivity contribution is 0.0723. The average molecular weight is 345 g/mol. The quantitative estimate of drug-likeness (QED) is 0.854. The second kappa shape index (κ2) is 6.33. The lowest BCUT2D eigenvalue weighted by Crippen LogP contribution is -2.44. The van der Waals surface area contributed by atoms with Crippen LogP contribution in [-0.4, -0.2) is 51.9 Å². The Morgan fingerprint density at radius 2 is 2.17 bits per heavy atom. The zero-order chi connectivity index (χ0) is 16.7. The van der Waals surface area contributed by atoms with Gasteiger partial charge in [0.05, 0.1) is 6.26 Å². The Labute approximate surface area is 146 Å². The van der Waals surface area contributed by atoms with Crippen LogP contribution in [-0.2, 0) is 0 Å². The Morgan fingerprint density at radius 3 is 2.92 bits per heavy atom. The largest absolute Gasteiger partial charge is 0.462 e. The maximum absolute atomic E-state index is 12.9. The molecule has 2 atom stereocenters. The molecule has 0 N–H and O–H groups in total. The lowest BCUT2D eigenvalue weighted by atomic mass is 10.1. The van der Waals surface area contributed by atoms with Crippen LogP contribution in [0.4, 0.5) is 0 Å². The van der Waals surface area contributed by atoms with Crippen molar-refractivity contribution in [2.75, 3.05) is 13.1 Å². The second-order valence-corrected chi connectivity index (χ2v) is 7.84. The minimum atomic E-state index is 0.0558. The SMILES string of the molecule is CC(C)N1[C@H]2CC[C@H]1CN(C(=O)c1csc(-c3ccco3)n1)CC2. The number of likely N-dealkylation sites (tertiary alicyclic amines) is 1. The third kappa shape index (κ3) is 2.78. The summed E-state index contributed by atoms with van der Waals surface area (Å²) in [5.74, 6) is 0.778. The first-order valence-electron chi connectivity index (χ1n) is 8.69. The van der Waals surface area contributed by atoms with Gasteiger partial charge in [-0.1, -0.05) is 0 Å². The molecular formula is C18H23N3O2S. The second-order valence-electron chi connectivity index (χ2n) is 6.98. The molecular weight excluding hydrogens is 322 g/mol.